The smallest absolute Gasteiger partial charge is 0.247 e. The van der Waals surface area contributed by atoms with Gasteiger partial charge in [-0.3, -0.25) is 4.79 Å². The largest absolute Gasteiger partial charge is 0.329 e. The zero-order valence-corrected chi connectivity index (χ0v) is 10.7. The quantitative estimate of drug-likeness (QED) is 0.725. The van der Waals surface area contributed by atoms with E-state index in [4.69, 9.17) is 0 Å². The van der Waals surface area contributed by atoms with Crippen LogP contribution in [0.2, 0.25) is 0 Å². The number of hydrogen-bond acceptors (Lipinski definition) is 1. The number of nitrogens with one attached hydrogen (secondary N) is 1. The second-order valence-electron chi connectivity index (χ2n) is 5.28. The van der Waals surface area contributed by atoms with Crippen LogP contribution in [0.5, 0.6) is 0 Å². The SMILES string of the molecule is CC(C)=CC(=O)N/C=C/C1(C)CCCCC1. The van der Waals surface area contributed by atoms with Gasteiger partial charge in [-0.25, -0.2) is 0 Å². The number of amides is 1. The van der Waals surface area contributed by atoms with E-state index in [2.05, 4.69) is 18.3 Å². The summed E-state index contributed by atoms with van der Waals surface area (Å²) in [5.74, 6) is -0.0318. The molecule has 90 valence electrons. The second kappa shape index (κ2) is 5.88. The maximum atomic E-state index is 11.4. The van der Waals surface area contributed by atoms with Gasteiger partial charge in [0.1, 0.15) is 0 Å². The molecule has 0 aromatic rings. The van der Waals surface area contributed by atoms with Crippen LogP contribution in [0, 0.1) is 5.41 Å². The lowest BCUT2D eigenvalue weighted by Gasteiger charge is -2.30. The summed E-state index contributed by atoms with van der Waals surface area (Å²) < 4.78 is 0. The van der Waals surface area contributed by atoms with Crippen LogP contribution in [0.25, 0.3) is 0 Å². The molecule has 1 rings (SSSR count). The van der Waals surface area contributed by atoms with Crippen LogP contribution >= 0.6 is 0 Å². The molecule has 1 N–H and O–H groups in total. The van der Waals surface area contributed by atoms with Gasteiger partial charge in [-0.05, 0) is 32.1 Å². The molecular formula is C14H23NO. The van der Waals surface area contributed by atoms with Crippen LogP contribution in [0.1, 0.15) is 52.9 Å². The summed E-state index contributed by atoms with van der Waals surface area (Å²) in [5, 5.41) is 2.79. The Balaban J connectivity index is 2.41. The molecule has 0 unspecified atom stereocenters. The first-order valence-electron chi connectivity index (χ1n) is 6.15. The highest BCUT2D eigenvalue weighted by molar-refractivity contribution is 5.88. The van der Waals surface area contributed by atoms with Crippen molar-refractivity contribution >= 4 is 5.91 Å². The molecule has 0 atom stereocenters. The van der Waals surface area contributed by atoms with Gasteiger partial charge >= 0.3 is 0 Å². The highest BCUT2D eigenvalue weighted by Crippen LogP contribution is 2.36. The fourth-order valence-electron chi connectivity index (χ4n) is 2.15. The minimum absolute atomic E-state index is 0.0318. The number of carbonyl (C=O) groups is 1. The lowest BCUT2D eigenvalue weighted by atomic mass is 9.76. The summed E-state index contributed by atoms with van der Waals surface area (Å²) >= 11 is 0. The Morgan fingerprint density at radius 2 is 1.81 bits per heavy atom. The average molecular weight is 221 g/mol. The second-order valence-corrected chi connectivity index (χ2v) is 5.28. The van der Waals surface area contributed by atoms with E-state index in [0.29, 0.717) is 0 Å². The van der Waals surface area contributed by atoms with Crippen molar-refractivity contribution in [2.24, 2.45) is 5.41 Å². The zero-order chi connectivity index (χ0) is 12.0. The Kier molecular flexibility index (Phi) is 4.78. The first kappa shape index (κ1) is 13.0. The van der Waals surface area contributed by atoms with Gasteiger partial charge in [-0.15, -0.1) is 0 Å². The molecule has 0 spiro atoms. The van der Waals surface area contributed by atoms with Crippen molar-refractivity contribution in [2.75, 3.05) is 0 Å². The van der Waals surface area contributed by atoms with Gasteiger partial charge in [0.05, 0.1) is 0 Å². The molecule has 1 saturated carbocycles. The lowest BCUT2D eigenvalue weighted by Crippen LogP contribution is -2.20. The number of carbonyl (C=O) groups excluding carboxylic acids is 1. The lowest BCUT2D eigenvalue weighted by molar-refractivity contribution is -0.115. The summed E-state index contributed by atoms with van der Waals surface area (Å²) in [7, 11) is 0. The van der Waals surface area contributed by atoms with Crippen molar-refractivity contribution in [3.63, 3.8) is 0 Å². The molecule has 16 heavy (non-hydrogen) atoms. The maximum absolute atomic E-state index is 11.4. The predicted molar refractivity (Wildman–Crippen MR) is 67.9 cm³/mol. The molecular weight excluding hydrogens is 198 g/mol. The van der Waals surface area contributed by atoms with Crippen molar-refractivity contribution in [1.82, 2.24) is 5.32 Å². The summed E-state index contributed by atoms with van der Waals surface area (Å²) in [6.45, 7) is 6.12. The van der Waals surface area contributed by atoms with Crippen molar-refractivity contribution < 1.29 is 4.79 Å². The number of allylic oxidation sites excluding steroid dienone is 2. The van der Waals surface area contributed by atoms with E-state index in [9.17, 15) is 4.79 Å². The van der Waals surface area contributed by atoms with Crippen LogP contribution in [0.15, 0.2) is 23.9 Å². The third-order valence-corrected chi connectivity index (χ3v) is 3.13. The van der Waals surface area contributed by atoms with Gasteiger partial charge in [0, 0.05) is 12.3 Å². The normalized spacial score (nSPS) is 19.4. The van der Waals surface area contributed by atoms with Crippen LogP contribution < -0.4 is 5.32 Å². The maximum Gasteiger partial charge on any atom is 0.247 e. The highest BCUT2D eigenvalue weighted by atomic mass is 16.1. The minimum atomic E-state index is -0.0318. The van der Waals surface area contributed by atoms with Gasteiger partial charge in [0.15, 0.2) is 0 Å². The summed E-state index contributed by atoms with van der Waals surface area (Å²) in [4.78, 5) is 11.4. The van der Waals surface area contributed by atoms with Crippen molar-refractivity contribution in [3.05, 3.63) is 23.9 Å². The van der Waals surface area contributed by atoms with Crippen LogP contribution in [-0.2, 0) is 4.79 Å². The highest BCUT2D eigenvalue weighted by Gasteiger charge is 2.23. The third kappa shape index (κ3) is 4.65. The number of hydrogen-bond donors (Lipinski definition) is 1. The first-order valence-corrected chi connectivity index (χ1v) is 6.15. The van der Waals surface area contributed by atoms with Crippen LogP contribution in [0.4, 0.5) is 0 Å². The molecule has 1 fully saturated rings. The summed E-state index contributed by atoms with van der Waals surface area (Å²) in [5.41, 5.74) is 1.31. The Morgan fingerprint density at radius 1 is 1.19 bits per heavy atom. The number of rotatable bonds is 3. The van der Waals surface area contributed by atoms with Gasteiger partial charge in [0.25, 0.3) is 0 Å². The van der Waals surface area contributed by atoms with E-state index in [-0.39, 0.29) is 11.3 Å². The van der Waals surface area contributed by atoms with Crippen LogP contribution in [-0.4, -0.2) is 5.91 Å². The molecule has 0 radical (unpaired) electrons. The summed E-state index contributed by atoms with van der Waals surface area (Å²) in [6.07, 6.45) is 12.0. The molecule has 0 heterocycles. The van der Waals surface area contributed by atoms with E-state index < -0.39 is 0 Å². The molecule has 0 bridgehead atoms. The van der Waals surface area contributed by atoms with Gasteiger partial charge in [-0.2, -0.15) is 0 Å². The van der Waals surface area contributed by atoms with E-state index >= 15 is 0 Å². The molecule has 0 aromatic carbocycles. The molecule has 2 heteroatoms. The Bertz CT molecular complexity index is 292. The van der Waals surface area contributed by atoms with E-state index in [0.717, 1.165) is 5.57 Å². The topological polar surface area (TPSA) is 29.1 Å². The average Bonchev–Trinajstić information content (AvgIpc) is 2.17. The fraction of sp³-hybridized carbons (Fsp3) is 0.643. The molecule has 0 aliphatic heterocycles. The Hall–Kier alpha value is -1.05. The monoisotopic (exact) mass is 221 g/mol. The van der Waals surface area contributed by atoms with Crippen molar-refractivity contribution in [1.29, 1.82) is 0 Å². The van der Waals surface area contributed by atoms with Crippen molar-refractivity contribution in [3.8, 4) is 0 Å². The van der Waals surface area contributed by atoms with E-state index in [1.165, 1.54) is 32.1 Å². The van der Waals surface area contributed by atoms with Gasteiger partial charge in [0.2, 0.25) is 5.91 Å². The van der Waals surface area contributed by atoms with E-state index in [1.807, 2.05) is 20.0 Å². The zero-order valence-electron chi connectivity index (χ0n) is 10.7. The summed E-state index contributed by atoms with van der Waals surface area (Å²) in [6, 6.07) is 0. The standard InChI is InChI=1S/C14H23NO/c1-12(2)11-13(16)15-10-9-14(3)7-5-4-6-8-14/h9-11H,4-8H2,1-3H3,(H,15,16)/b10-9+. The van der Waals surface area contributed by atoms with Crippen molar-refractivity contribution in [2.45, 2.75) is 52.9 Å². The Labute approximate surface area is 98.8 Å². The van der Waals surface area contributed by atoms with Gasteiger partial charge < -0.3 is 5.32 Å². The van der Waals surface area contributed by atoms with Crippen LogP contribution in [0.3, 0.4) is 0 Å². The predicted octanol–water partition coefficient (Wildman–Crippen LogP) is 3.55. The minimum Gasteiger partial charge on any atom is -0.329 e. The third-order valence-electron chi connectivity index (χ3n) is 3.13. The van der Waals surface area contributed by atoms with Gasteiger partial charge in [-0.1, -0.05) is 37.8 Å². The Morgan fingerprint density at radius 3 is 2.38 bits per heavy atom. The molecule has 0 saturated heterocycles. The molecule has 0 aromatic heterocycles. The molecule has 1 amide bonds. The molecule has 2 nitrogen and oxygen atoms in total. The molecule has 1 aliphatic rings. The van der Waals surface area contributed by atoms with E-state index in [1.54, 1.807) is 6.08 Å². The first-order chi connectivity index (χ1) is 7.52. The molecule has 1 aliphatic carbocycles. The fourth-order valence-corrected chi connectivity index (χ4v) is 2.15.